The molecule has 0 saturated carbocycles. The molecule has 0 radical (unpaired) electrons. The molecule has 1 aromatic rings. The molecule has 1 aromatic carbocycles. The number of nitrogen functional groups attached to an aromatic ring is 1. The maximum atomic E-state index is 11.9. The first-order chi connectivity index (χ1) is 9.34. The van der Waals surface area contributed by atoms with Crippen LogP contribution >= 0.6 is 0 Å². The summed E-state index contributed by atoms with van der Waals surface area (Å²) in [5.74, 6) is -0.557. The smallest absolute Gasteiger partial charge is 0.304 e. The minimum Gasteiger partial charge on any atom is -0.393 e. The molecule has 110 valence electrons. The number of carbonyl (C=O) groups is 1. The maximum absolute atomic E-state index is 11.9. The molecule has 0 spiro atoms. The molecule has 0 fully saturated rings. The summed E-state index contributed by atoms with van der Waals surface area (Å²) in [6.45, 7) is 2.11. The molecular weight excluding hydrogens is 282 g/mol. The number of anilines is 1. The Balaban J connectivity index is 2.76. The topological polar surface area (TPSA) is 115 Å². The lowest BCUT2D eigenvalue weighted by Crippen LogP contribution is -2.28. The normalized spacial score (nSPS) is 13.5. The second-order valence-electron chi connectivity index (χ2n) is 4.35. The molecule has 7 nitrogen and oxygen atoms in total. The molecule has 0 aliphatic rings. The van der Waals surface area contributed by atoms with Crippen LogP contribution in [0.15, 0.2) is 18.2 Å². The molecule has 0 aromatic heterocycles. The lowest BCUT2D eigenvalue weighted by atomic mass is 10.1. The Bertz CT molecular complexity index is 548. The van der Waals surface area contributed by atoms with Gasteiger partial charge in [0.15, 0.2) is 0 Å². The summed E-state index contributed by atoms with van der Waals surface area (Å²) in [4.78, 5) is 22.2. The Morgan fingerprint density at radius 3 is 2.75 bits per heavy atom. The summed E-state index contributed by atoms with van der Waals surface area (Å²) in [7, 11) is -0.964. The molecule has 0 bridgehead atoms. The molecule has 1 amide bonds. The third-order valence-electron chi connectivity index (χ3n) is 2.90. The number of nitro benzene ring substituents is 1. The van der Waals surface area contributed by atoms with Crippen molar-refractivity contribution in [2.45, 2.75) is 18.6 Å². The summed E-state index contributed by atoms with van der Waals surface area (Å²) in [6.07, 6.45) is 2.13. The molecule has 20 heavy (non-hydrogen) atoms. The predicted octanol–water partition coefficient (Wildman–Crippen LogP) is 1.06. The number of nitrogens with zero attached hydrogens (tertiary/aromatic N) is 1. The lowest BCUT2D eigenvalue weighted by Gasteiger charge is -2.10. The predicted molar refractivity (Wildman–Crippen MR) is 78.0 cm³/mol. The van der Waals surface area contributed by atoms with Gasteiger partial charge in [-0.25, -0.2) is 0 Å². The molecule has 0 saturated heterocycles. The van der Waals surface area contributed by atoms with Crippen LogP contribution in [0.2, 0.25) is 0 Å². The number of nitro groups is 1. The largest absolute Gasteiger partial charge is 0.393 e. The van der Waals surface area contributed by atoms with Gasteiger partial charge in [0, 0.05) is 28.9 Å². The first-order valence-electron chi connectivity index (χ1n) is 5.98. The molecule has 0 aliphatic carbocycles. The van der Waals surface area contributed by atoms with Crippen molar-refractivity contribution in [1.82, 2.24) is 5.32 Å². The summed E-state index contributed by atoms with van der Waals surface area (Å²) in [6, 6.07) is 4.21. The average Bonchev–Trinajstić information content (AvgIpc) is 2.37. The first-order valence-corrected chi connectivity index (χ1v) is 7.60. The van der Waals surface area contributed by atoms with Crippen LogP contribution in [-0.4, -0.2) is 33.1 Å². The van der Waals surface area contributed by atoms with Crippen molar-refractivity contribution in [2.75, 3.05) is 18.5 Å². The van der Waals surface area contributed by atoms with Gasteiger partial charge in [0.1, 0.15) is 11.3 Å². The Morgan fingerprint density at radius 2 is 2.20 bits per heavy atom. The Morgan fingerprint density at radius 1 is 1.55 bits per heavy atom. The van der Waals surface area contributed by atoms with E-state index in [9.17, 15) is 19.1 Å². The minimum atomic E-state index is -0.964. The monoisotopic (exact) mass is 299 g/mol. The number of rotatable bonds is 6. The minimum absolute atomic E-state index is 0.0499. The van der Waals surface area contributed by atoms with Crippen LogP contribution in [-0.2, 0) is 10.8 Å². The van der Waals surface area contributed by atoms with E-state index < -0.39 is 27.3 Å². The van der Waals surface area contributed by atoms with E-state index in [1.807, 2.05) is 6.92 Å². The van der Waals surface area contributed by atoms with E-state index in [4.69, 9.17) is 5.73 Å². The highest BCUT2D eigenvalue weighted by atomic mass is 32.2. The van der Waals surface area contributed by atoms with E-state index >= 15 is 0 Å². The Labute approximate surface area is 119 Å². The van der Waals surface area contributed by atoms with E-state index in [1.54, 1.807) is 6.26 Å². The third kappa shape index (κ3) is 4.02. The molecule has 8 heteroatoms. The number of hydrogen-bond acceptors (Lipinski definition) is 5. The van der Waals surface area contributed by atoms with E-state index in [0.29, 0.717) is 13.0 Å². The van der Waals surface area contributed by atoms with Crippen LogP contribution < -0.4 is 11.1 Å². The molecule has 2 atom stereocenters. The summed E-state index contributed by atoms with van der Waals surface area (Å²) in [5.41, 5.74) is 5.00. The molecule has 2 unspecified atom stereocenters. The van der Waals surface area contributed by atoms with Crippen LogP contribution in [0, 0.1) is 10.1 Å². The highest BCUT2D eigenvalue weighted by Gasteiger charge is 2.22. The summed E-state index contributed by atoms with van der Waals surface area (Å²) < 4.78 is 11.2. The second-order valence-corrected chi connectivity index (χ2v) is 6.16. The van der Waals surface area contributed by atoms with Gasteiger partial charge < -0.3 is 11.1 Å². The zero-order chi connectivity index (χ0) is 15.3. The fourth-order valence-electron chi connectivity index (χ4n) is 1.60. The van der Waals surface area contributed by atoms with Crippen LogP contribution in [0.25, 0.3) is 0 Å². The lowest BCUT2D eigenvalue weighted by molar-refractivity contribution is -0.384. The van der Waals surface area contributed by atoms with Crippen molar-refractivity contribution in [3.63, 3.8) is 0 Å². The number of amides is 1. The molecular formula is C12H17N3O4S. The van der Waals surface area contributed by atoms with E-state index in [1.165, 1.54) is 18.2 Å². The number of nitrogens with two attached hydrogens (primary N) is 1. The fourth-order valence-corrected chi connectivity index (χ4v) is 2.05. The highest BCUT2D eigenvalue weighted by Crippen LogP contribution is 2.25. The standard InChI is InChI=1S/C12H17N3O4S/c1-8(20(2)19)6-7-14-12(16)9-4-3-5-10(13)11(9)15(17)18/h3-5,8H,6-7,13H2,1-2H3,(H,14,16). The van der Waals surface area contributed by atoms with Crippen molar-refractivity contribution in [1.29, 1.82) is 0 Å². The summed E-state index contributed by atoms with van der Waals surface area (Å²) >= 11 is 0. The van der Waals surface area contributed by atoms with Gasteiger partial charge in [-0.15, -0.1) is 0 Å². The van der Waals surface area contributed by atoms with Crippen molar-refractivity contribution < 1.29 is 13.9 Å². The molecule has 0 aliphatic heterocycles. The van der Waals surface area contributed by atoms with Gasteiger partial charge in [-0.05, 0) is 18.6 Å². The van der Waals surface area contributed by atoms with Crippen molar-refractivity contribution >= 4 is 28.1 Å². The van der Waals surface area contributed by atoms with E-state index in [2.05, 4.69) is 5.32 Å². The van der Waals surface area contributed by atoms with Crippen LogP contribution in [0.1, 0.15) is 23.7 Å². The second kappa shape index (κ2) is 6.99. The van der Waals surface area contributed by atoms with Crippen molar-refractivity contribution in [3.05, 3.63) is 33.9 Å². The van der Waals surface area contributed by atoms with Crippen LogP contribution in [0.5, 0.6) is 0 Å². The van der Waals surface area contributed by atoms with Gasteiger partial charge in [-0.1, -0.05) is 13.0 Å². The van der Waals surface area contributed by atoms with Gasteiger partial charge in [-0.2, -0.15) is 0 Å². The SMILES string of the molecule is CC(CCNC(=O)c1cccc(N)c1[N+](=O)[O-])S(C)=O. The van der Waals surface area contributed by atoms with E-state index in [0.717, 1.165) is 0 Å². The number of nitrogens with one attached hydrogen (secondary N) is 1. The number of carbonyl (C=O) groups excluding carboxylic acids is 1. The molecule has 3 N–H and O–H groups in total. The van der Waals surface area contributed by atoms with Crippen molar-refractivity contribution in [2.24, 2.45) is 0 Å². The third-order valence-corrected chi connectivity index (χ3v) is 4.27. The quantitative estimate of drug-likeness (QED) is 0.463. The van der Waals surface area contributed by atoms with Gasteiger partial charge in [0.25, 0.3) is 5.91 Å². The zero-order valence-electron chi connectivity index (χ0n) is 11.3. The Kier molecular flexibility index (Phi) is 5.63. The number of hydrogen-bond donors (Lipinski definition) is 2. The van der Waals surface area contributed by atoms with Gasteiger partial charge in [-0.3, -0.25) is 19.1 Å². The van der Waals surface area contributed by atoms with Gasteiger partial charge in [0.2, 0.25) is 0 Å². The van der Waals surface area contributed by atoms with Gasteiger partial charge >= 0.3 is 5.69 Å². The first kappa shape index (κ1) is 16.1. The van der Waals surface area contributed by atoms with Crippen LogP contribution in [0.4, 0.5) is 11.4 Å². The maximum Gasteiger partial charge on any atom is 0.304 e. The highest BCUT2D eigenvalue weighted by molar-refractivity contribution is 7.84. The van der Waals surface area contributed by atoms with E-state index in [-0.39, 0.29) is 16.5 Å². The Hall–Kier alpha value is -1.96. The summed E-state index contributed by atoms with van der Waals surface area (Å²) in [5, 5.41) is 13.4. The average molecular weight is 299 g/mol. The number of para-hydroxylation sites is 1. The molecule has 0 heterocycles. The van der Waals surface area contributed by atoms with Crippen molar-refractivity contribution in [3.8, 4) is 0 Å². The van der Waals surface area contributed by atoms with Gasteiger partial charge in [0.05, 0.1) is 4.92 Å². The van der Waals surface area contributed by atoms with Crippen LogP contribution in [0.3, 0.4) is 0 Å². The number of benzene rings is 1. The molecule has 1 rings (SSSR count). The zero-order valence-corrected chi connectivity index (χ0v) is 12.1. The fraction of sp³-hybridized carbons (Fsp3) is 0.417.